The summed E-state index contributed by atoms with van der Waals surface area (Å²) in [5.41, 5.74) is 7.16. The van der Waals surface area contributed by atoms with Crippen molar-refractivity contribution in [1.29, 1.82) is 0 Å². The third kappa shape index (κ3) is 3.64. The summed E-state index contributed by atoms with van der Waals surface area (Å²) in [5.74, 6) is -1.12. The molecule has 5 nitrogen and oxygen atoms in total. The fraction of sp³-hybridized carbons (Fsp3) is 0.200. The van der Waals surface area contributed by atoms with Gasteiger partial charge in [-0.15, -0.1) is 11.3 Å². The summed E-state index contributed by atoms with van der Waals surface area (Å²) < 4.78 is 14.4. The Balaban J connectivity index is 1.38. The third-order valence-electron chi connectivity index (χ3n) is 4.59. The van der Waals surface area contributed by atoms with Gasteiger partial charge in [-0.3, -0.25) is 20.4 Å². The number of fused-ring (bicyclic) bond motifs is 2. The van der Waals surface area contributed by atoms with E-state index in [1.165, 1.54) is 29.0 Å². The average molecular weight is 383 g/mol. The van der Waals surface area contributed by atoms with Crippen LogP contribution in [0, 0.1) is 5.82 Å². The maximum atomic E-state index is 13.8. The molecule has 138 valence electrons. The fourth-order valence-electron chi connectivity index (χ4n) is 3.31. The number of carbonyl (C=O) groups excluding carboxylic acids is 2. The second-order valence-electron chi connectivity index (χ2n) is 6.42. The normalized spacial score (nSPS) is 13.3. The number of halogens is 1. The highest BCUT2D eigenvalue weighted by Crippen LogP contribution is 2.28. The predicted octanol–water partition coefficient (Wildman–Crippen LogP) is 3.25. The lowest BCUT2D eigenvalue weighted by Crippen LogP contribution is -2.47. The molecule has 2 aromatic carbocycles. The molecular formula is C20H18FN3O2S. The standard InChI is InChI=1S/C20H18FN3O2S/c21-15-7-3-9-17-14(15)11-18(27-17)20(26)23-22-19(25)12-24-10-4-6-13-5-1-2-8-16(13)24/h1-3,5,7-9,11H,4,6,10,12H2,(H,22,25)(H,23,26). The van der Waals surface area contributed by atoms with E-state index in [-0.39, 0.29) is 18.3 Å². The van der Waals surface area contributed by atoms with Crippen LogP contribution in [0.4, 0.5) is 10.1 Å². The minimum absolute atomic E-state index is 0.165. The molecule has 2 heterocycles. The molecule has 2 amide bonds. The SMILES string of the molecule is O=C(CN1CCCc2ccccc21)NNC(=O)c1cc2c(F)cccc2s1. The van der Waals surface area contributed by atoms with Crippen molar-refractivity contribution < 1.29 is 14.0 Å². The summed E-state index contributed by atoms with van der Waals surface area (Å²) in [4.78, 5) is 26.9. The molecule has 2 N–H and O–H groups in total. The van der Waals surface area contributed by atoms with Crippen LogP contribution in [0.5, 0.6) is 0 Å². The molecule has 0 atom stereocenters. The zero-order chi connectivity index (χ0) is 18.8. The van der Waals surface area contributed by atoms with Crippen molar-refractivity contribution in [3.63, 3.8) is 0 Å². The van der Waals surface area contributed by atoms with E-state index in [9.17, 15) is 14.0 Å². The summed E-state index contributed by atoms with van der Waals surface area (Å²) in [6.07, 6.45) is 2.00. The highest BCUT2D eigenvalue weighted by molar-refractivity contribution is 7.20. The molecule has 1 aliphatic rings. The summed E-state index contributed by atoms with van der Waals surface area (Å²) in [7, 11) is 0. The van der Waals surface area contributed by atoms with Gasteiger partial charge in [-0.2, -0.15) is 0 Å². The molecule has 0 aliphatic carbocycles. The van der Waals surface area contributed by atoms with Crippen molar-refractivity contribution in [3.05, 3.63) is 64.8 Å². The number of amides is 2. The van der Waals surface area contributed by atoms with Gasteiger partial charge >= 0.3 is 0 Å². The quantitative estimate of drug-likeness (QED) is 0.683. The molecule has 27 heavy (non-hydrogen) atoms. The minimum atomic E-state index is -0.456. The van der Waals surface area contributed by atoms with Crippen molar-refractivity contribution in [2.24, 2.45) is 0 Å². The average Bonchev–Trinajstić information content (AvgIpc) is 3.12. The molecule has 0 bridgehead atoms. The lowest BCUT2D eigenvalue weighted by atomic mass is 10.0. The second kappa shape index (κ2) is 7.36. The van der Waals surface area contributed by atoms with Gasteiger partial charge in [-0.1, -0.05) is 24.3 Å². The molecule has 7 heteroatoms. The zero-order valence-electron chi connectivity index (χ0n) is 14.5. The first kappa shape index (κ1) is 17.5. The van der Waals surface area contributed by atoms with Crippen LogP contribution < -0.4 is 15.8 Å². The van der Waals surface area contributed by atoms with Crippen LogP contribution in [0.25, 0.3) is 10.1 Å². The Morgan fingerprint density at radius 3 is 2.81 bits per heavy atom. The summed E-state index contributed by atoms with van der Waals surface area (Å²) in [6.45, 7) is 0.965. The van der Waals surface area contributed by atoms with Crippen molar-refractivity contribution in [1.82, 2.24) is 10.9 Å². The number of nitrogens with zero attached hydrogens (tertiary/aromatic N) is 1. The zero-order valence-corrected chi connectivity index (χ0v) is 15.3. The van der Waals surface area contributed by atoms with E-state index in [0.717, 1.165) is 25.1 Å². The van der Waals surface area contributed by atoms with Crippen LogP contribution in [0.1, 0.15) is 21.7 Å². The lowest BCUT2D eigenvalue weighted by Gasteiger charge is -2.30. The van der Waals surface area contributed by atoms with Crippen molar-refractivity contribution in [2.75, 3.05) is 18.0 Å². The Hall–Kier alpha value is -2.93. The van der Waals surface area contributed by atoms with E-state index in [1.54, 1.807) is 12.1 Å². The number of thiophene rings is 1. The van der Waals surface area contributed by atoms with E-state index in [0.29, 0.717) is 15.0 Å². The van der Waals surface area contributed by atoms with Crippen LogP contribution in [-0.4, -0.2) is 24.9 Å². The smallest absolute Gasteiger partial charge is 0.279 e. The van der Waals surface area contributed by atoms with E-state index in [1.807, 2.05) is 23.1 Å². The Morgan fingerprint density at radius 2 is 1.96 bits per heavy atom. The second-order valence-corrected chi connectivity index (χ2v) is 7.50. The monoisotopic (exact) mass is 383 g/mol. The van der Waals surface area contributed by atoms with Gasteiger partial charge in [-0.25, -0.2) is 4.39 Å². The number of hydrazine groups is 1. The molecule has 0 saturated heterocycles. The van der Waals surface area contributed by atoms with Crippen molar-refractivity contribution in [2.45, 2.75) is 12.8 Å². The predicted molar refractivity (Wildman–Crippen MR) is 104 cm³/mol. The first-order valence-electron chi connectivity index (χ1n) is 8.72. The van der Waals surface area contributed by atoms with Gasteiger partial charge in [0.05, 0.1) is 11.4 Å². The Kier molecular flexibility index (Phi) is 4.77. The summed E-state index contributed by atoms with van der Waals surface area (Å²) >= 11 is 1.18. The topological polar surface area (TPSA) is 61.4 Å². The van der Waals surface area contributed by atoms with Gasteiger partial charge in [0.25, 0.3) is 11.8 Å². The van der Waals surface area contributed by atoms with E-state index >= 15 is 0 Å². The maximum absolute atomic E-state index is 13.8. The van der Waals surface area contributed by atoms with Gasteiger partial charge < -0.3 is 4.90 Å². The minimum Gasteiger partial charge on any atom is -0.362 e. The van der Waals surface area contributed by atoms with Crippen LogP contribution in [0.2, 0.25) is 0 Å². The molecule has 0 unspecified atom stereocenters. The number of carbonyl (C=O) groups is 2. The van der Waals surface area contributed by atoms with Gasteiger partial charge in [-0.05, 0) is 42.7 Å². The Labute approximate surface area is 159 Å². The molecule has 0 fully saturated rings. The molecule has 1 aliphatic heterocycles. The number of anilines is 1. The molecule has 0 saturated carbocycles. The molecule has 4 rings (SSSR count). The van der Waals surface area contributed by atoms with Crippen molar-refractivity contribution in [3.8, 4) is 0 Å². The first-order chi connectivity index (χ1) is 13.1. The number of hydrogen-bond donors (Lipinski definition) is 2. The Bertz CT molecular complexity index is 1020. The highest BCUT2D eigenvalue weighted by Gasteiger charge is 2.19. The van der Waals surface area contributed by atoms with Crippen LogP contribution in [0.3, 0.4) is 0 Å². The largest absolute Gasteiger partial charge is 0.362 e. The number of rotatable bonds is 3. The van der Waals surface area contributed by atoms with E-state index < -0.39 is 5.91 Å². The first-order valence-corrected chi connectivity index (χ1v) is 9.53. The number of hydrogen-bond acceptors (Lipinski definition) is 4. The summed E-state index contributed by atoms with van der Waals surface area (Å²) in [6, 6.07) is 14.2. The van der Waals surface area contributed by atoms with E-state index in [4.69, 9.17) is 0 Å². The van der Waals surface area contributed by atoms with Crippen LogP contribution >= 0.6 is 11.3 Å². The number of para-hydroxylation sites is 1. The molecule has 0 spiro atoms. The van der Waals surface area contributed by atoms with E-state index in [2.05, 4.69) is 16.9 Å². The fourth-order valence-corrected chi connectivity index (χ4v) is 4.28. The third-order valence-corrected chi connectivity index (χ3v) is 5.69. The number of aryl methyl sites for hydroxylation is 1. The lowest BCUT2D eigenvalue weighted by molar-refractivity contribution is -0.120. The van der Waals surface area contributed by atoms with Crippen LogP contribution in [0.15, 0.2) is 48.5 Å². The Morgan fingerprint density at radius 1 is 1.11 bits per heavy atom. The van der Waals surface area contributed by atoms with Gasteiger partial charge in [0.15, 0.2) is 0 Å². The molecule has 3 aromatic rings. The highest BCUT2D eigenvalue weighted by atomic mass is 32.1. The van der Waals surface area contributed by atoms with Crippen molar-refractivity contribution >= 4 is 38.9 Å². The van der Waals surface area contributed by atoms with Gasteiger partial charge in [0, 0.05) is 22.3 Å². The summed E-state index contributed by atoms with van der Waals surface area (Å²) in [5, 5.41) is 0.406. The maximum Gasteiger partial charge on any atom is 0.279 e. The van der Waals surface area contributed by atoms with Gasteiger partial charge in [0.2, 0.25) is 0 Å². The molecular weight excluding hydrogens is 365 g/mol. The number of nitrogens with one attached hydrogen (secondary N) is 2. The van der Waals surface area contributed by atoms with Gasteiger partial charge in [0.1, 0.15) is 5.82 Å². The number of benzene rings is 2. The molecule has 1 aromatic heterocycles. The molecule has 0 radical (unpaired) electrons. The van der Waals surface area contributed by atoms with Crippen LogP contribution in [-0.2, 0) is 11.2 Å².